The Labute approximate surface area is 172 Å². The highest BCUT2D eigenvalue weighted by Crippen LogP contribution is 2.29. The molecule has 1 aliphatic rings. The number of carboxylic acid groups (broad SMARTS) is 1. The van der Waals surface area contributed by atoms with Crippen molar-refractivity contribution in [3.8, 4) is 0 Å². The van der Waals surface area contributed by atoms with Crippen molar-refractivity contribution in [1.82, 2.24) is 4.90 Å². The average molecular weight is 395 g/mol. The molecule has 2 aromatic rings. The topological polar surface area (TPSA) is 66.8 Å². The third kappa shape index (κ3) is 4.97. The number of ether oxygens (including phenoxy) is 1. The number of likely N-dealkylation sites (tertiary alicyclic amines) is 1. The molecule has 154 valence electrons. The van der Waals surface area contributed by atoms with Crippen LogP contribution in [-0.2, 0) is 17.8 Å². The van der Waals surface area contributed by atoms with Gasteiger partial charge in [0.05, 0.1) is 5.56 Å². The molecule has 0 atom stereocenters. The Morgan fingerprint density at radius 3 is 2.34 bits per heavy atom. The van der Waals surface area contributed by atoms with Gasteiger partial charge in [0, 0.05) is 13.1 Å². The van der Waals surface area contributed by atoms with Gasteiger partial charge in [0.1, 0.15) is 6.61 Å². The molecular weight excluding hydrogens is 366 g/mol. The maximum absolute atomic E-state index is 12.3. The highest BCUT2D eigenvalue weighted by atomic mass is 16.6. The molecule has 2 aromatic carbocycles. The number of carbonyl (C=O) groups excluding carboxylic acids is 1. The standard InChI is InChI=1S/C24H29NO4/c1-16-13-17(2)22(23(26)27)18(3)21(16)14-19-9-11-25(12-10-19)24(28)29-15-20-7-5-4-6-8-20/h4-8,13,19H,9-12,14-15H2,1-3H3,(H,26,27). The van der Waals surface area contributed by atoms with Gasteiger partial charge in [-0.15, -0.1) is 0 Å². The van der Waals surface area contributed by atoms with Gasteiger partial charge in [-0.25, -0.2) is 9.59 Å². The van der Waals surface area contributed by atoms with Crippen LogP contribution >= 0.6 is 0 Å². The maximum Gasteiger partial charge on any atom is 0.410 e. The van der Waals surface area contributed by atoms with E-state index in [0.717, 1.165) is 47.1 Å². The van der Waals surface area contributed by atoms with E-state index in [-0.39, 0.29) is 6.09 Å². The van der Waals surface area contributed by atoms with E-state index in [2.05, 4.69) is 6.92 Å². The van der Waals surface area contributed by atoms with Gasteiger partial charge in [0.15, 0.2) is 0 Å². The molecule has 0 saturated carbocycles. The van der Waals surface area contributed by atoms with Crippen LogP contribution in [0.15, 0.2) is 36.4 Å². The molecule has 0 aromatic heterocycles. The lowest BCUT2D eigenvalue weighted by Gasteiger charge is -2.32. The quantitative estimate of drug-likeness (QED) is 0.782. The van der Waals surface area contributed by atoms with Crippen molar-refractivity contribution in [3.63, 3.8) is 0 Å². The van der Waals surface area contributed by atoms with E-state index < -0.39 is 5.97 Å². The second-order valence-electron chi connectivity index (χ2n) is 7.97. The number of rotatable bonds is 5. The third-order valence-electron chi connectivity index (χ3n) is 5.92. The Kier molecular flexibility index (Phi) is 6.57. The summed E-state index contributed by atoms with van der Waals surface area (Å²) in [5.41, 5.74) is 5.38. The van der Waals surface area contributed by atoms with Gasteiger partial charge in [-0.05, 0) is 73.8 Å². The lowest BCUT2D eigenvalue weighted by atomic mass is 9.84. The highest BCUT2D eigenvalue weighted by Gasteiger charge is 2.26. The molecule has 0 unspecified atom stereocenters. The number of benzene rings is 2. The molecule has 5 nitrogen and oxygen atoms in total. The van der Waals surface area contributed by atoms with E-state index in [1.54, 1.807) is 4.90 Å². The summed E-state index contributed by atoms with van der Waals surface area (Å²) in [7, 11) is 0. The van der Waals surface area contributed by atoms with Crippen LogP contribution in [0, 0.1) is 26.7 Å². The van der Waals surface area contributed by atoms with Crippen LogP contribution in [0.5, 0.6) is 0 Å². The Bertz CT molecular complexity index is 883. The zero-order valence-corrected chi connectivity index (χ0v) is 17.4. The molecule has 1 aliphatic heterocycles. The fourth-order valence-electron chi connectivity index (χ4n) is 4.29. The predicted molar refractivity (Wildman–Crippen MR) is 112 cm³/mol. The number of hydrogen-bond donors (Lipinski definition) is 1. The first kappa shape index (κ1) is 20.9. The fourth-order valence-corrected chi connectivity index (χ4v) is 4.29. The molecule has 0 spiro atoms. The number of amides is 1. The zero-order valence-electron chi connectivity index (χ0n) is 17.4. The Hall–Kier alpha value is -2.82. The second-order valence-corrected chi connectivity index (χ2v) is 7.97. The monoisotopic (exact) mass is 395 g/mol. The summed E-state index contributed by atoms with van der Waals surface area (Å²) in [6.07, 6.45) is 2.39. The number of hydrogen-bond acceptors (Lipinski definition) is 3. The van der Waals surface area contributed by atoms with E-state index in [1.165, 1.54) is 0 Å². The Morgan fingerprint density at radius 1 is 1.07 bits per heavy atom. The number of nitrogens with zero attached hydrogens (tertiary/aromatic N) is 1. The first-order valence-corrected chi connectivity index (χ1v) is 10.2. The van der Waals surface area contributed by atoms with E-state index >= 15 is 0 Å². The Balaban J connectivity index is 1.57. The largest absolute Gasteiger partial charge is 0.478 e. The molecule has 0 radical (unpaired) electrons. The minimum Gasteiger partial charge on any atom is -0.478 e. The number of piperidine rings is 1. The van der Waals surface area contributed by atoms with Crippen LogP contribution in [0.3, 0.4) is 0 Å². The maximum atomic E-state index is 12.3. The van der Waals surface area contributed by atoms with E-state index in [1.807, 2.05) is 50.2 Å². The van der Waals surface area contributed by atoms with Crippen molar-refractivity contribution in [1.29, 1.82) is 0 Å². The highest BCUT2D eigenvalue weighted by molar-refractivity contribution is 5.91. The van der Waals surface area contributed by atoms with Gasteiger partial charge < -0.3 is 14.7 Å². The van der Waals surface area contributed by atoms with Crippen LogP contribution in [0.25, 0.3) is 0 Å². The lowest BCUT2D eigenvalue weighted by molar-refractivity contribution is 0.0694. The number of aromatic carboxylic acids is 1. The molecule has 3 rings (SSSR count). The van der Waals surface area contributed by atoms with Gasteiger partial charge in [0.25, 0.3) is 0 Å². The van der Waals surface area contributed by atoms with Gasteiger partial charge in [-0.3, -0.25) is 0 Å². The molecule has 1 fully saturated rings. The van der Waals surface area contributed by atoms with Crippen molar-refractivity contribution in [2.75, 3.05) is 13.1 Å². The van der Waals surface area contributed by atoms with Crippen molar-refractivity contribution < 1.29 is 19.4 Å². The Morgan fingerprint density at radius 2 is 1.72 bits per heavy atom. The van der Waals surface area contributed by atoms with Crippen LogP contribution in [0.4, 0.5) is 4.79 Å². The minimum absolute atomic E-state index is 0.261. The van der Waals surface area contributed by atoms with Crippen molar-refractivity contribution >= 4 is 12.1 Å². The van der Waals surface area contributed by atoms with Crippen LogP contribution in [0.2, 0.25) is 0 Å². The smallest absolute Gasteiger partial charge is 0.410 e. The molecule has 0 bridgehead atoms. The number of carboxylic acids is 1. The average Bonchev–Trinajstić information content (AvgIpc) is 2.70. The summed E-state index contributed by atoms with van der Waals surface area (Å²) in [4.78, 5) is 25.7. The van der Waals surface area contributed by atoms with Gasteiger partial charge in [-0.1, -0.05) is 36.4 Å². The summed E-state index contributed by atoms with van der Waals surface area (Å²) in [6, 6.07) is 11.7. The van der Waals surface area contributed by atoms with E-state index in [9.17, 15) is 14.7 Å². The number of carbonyl (C=O) groups is 2. The molecule has 0 aliphatic carbocycles. The summed E-state index contributed by atoms with van der Waals surface area (Å²) in [5, 5.41) is 9.54. The molecule has 5 heteroatoms. The summed E-state index contributed by atoms with van der Waals surface area (Å²) in [6.45, 7) is 7.46. The zero-order chi connectivity index (χ0) is 21.0. The van der Waals surface area contributed by atoms with Crippen LogP contribution < -0.4 is 0 Å². The van der Waals surface area contributed by atoms with E-state index in [4.69, 9.17) is 4.74 Å². The second kappa shape index (κ2) is 9.12. The first-order valence-electron chi connectivity index (χ1n) is 10.2. The van der Waals surface area contributed by atoms with Gasteiger partial charge in [-0.2, -0.15) is 0 Å². The third-order valence-corrected chi connectivity index (χ3v) is 5.92. The molecule has 1 saturated heterocycles. The SMILES string of the molecule is Cc1cc(C)c(C(=O)O)c(C)c1CC1CCN(C(=O)OCc2ccccc2)CC1. The lowest BCUT2D eigenvalue weighted by Crippen LogP contribution is -2.39. The summed E-state index contributed by atoms with van der Waals surface area (Å²) >= 11 is 0. The molecule has 1 heterocycles. The van der Waals surface area contributed by atoms with Crippen LogP contribution in [-0.4, -0.2) is 35.2 Å². The van der Waals surface area contributed by atoms with Crippen LogP contribution in [0.1, 0.15) is 51.0 Å². The molecular formula is C24H29NO4. The van der Waals surface area contributed by atoms with Gasteiger partial charge >= 0.3 is 12.1 Å². The summed E-state index contributed by atoms with van der Waals surface area (Å²) < 4.78 is 5.44. The summed E-state index contributed by atoms with van der Waals surface area (Å²) in [5.74, 6) is -0.424. The normalized spacial score (nSPS) is 14.7. The predicted octanol–water partition coefficient (Wildman–Crippen LogP) is 4.90. The first-order chi connectivity index (χ1) is 13.9. The minimum atomic E-state index is -0.864. The van der Waals surface area contributed by atoms with Crippen molar-refractivity contribution in [3.05, 3.63) is 69.8 Å². The fraction of sp³-hybridized carbons (Fsp3) is 0.417. The molecule has 1 amide bonds. The van der Waals surface area contributed by atoms with Crippen molar-refractivity contribution in [2.24, 2.45) is 5.92 Å². The molecule has 1 N–H and O–H groups in total. The molecule has 29 heavy (non-hydrogen) atoms. The number of aryl methyl sites for hydroxylation is 2. The van der Waals surface area contributed by atoms with Gasteiger partial charge in [0.2, 0.25) is 0 Å². The van der Waals surface area contributed by atoms with Crippen molar-refractivity contribution in [2.45, 2.75) is 46.6 Å². The van der Waals surface area contributed by atoms with E-state index in [0.29, 0.717) is 31.2 Å².